The standard InChI is InChI=1S/C63H36N4O2/c1-2-14-37(15-3-1)61-64-62(39-28-31-46-44-18-5-4-16-42(44)43-17-6-7-19-45(43)51(46)35-39)66-63(65-61)50-23-13-27-57-60(50)52-34-38(29-33-55(52)68-57)41-22-12-26-56-59(41)49-32-30-40(36-58(49)69-56)67-53-24-10-8-20-47(53)48-21-9-11-25-54(48)67/h1-36H. The summed E-state index contributed by atoms with van der Waals surface area (Å²) in [6, 6.07) is 76.7. The van der Waals surface area contributed by atoms with Crippen LogP contribution in [0, 0.1) is 0 Å². The summed E-state index contributed by atoms with van der Waals surface area (Å²) < 4.78 is 15.7. The molecule has 0 saturated carbocycles. The van der Waals surface area contributed by atoms with E-state index in [9.17, 15) is 0 Å². The van der Waals surface area contributed by atoms with E-state index in [2.05, 4.69) is 193 Å². The third-order valence-corrected chi connectivity index (χ3v) is 14.0. The van der Waals surface area contributed by atoms with Gasteiger partial charge in [-0.05, 0) is 98.0 Å². The van der Waals surface area contributed by atoms with Gasteiger partial charge in [-0.25, -0.2) is 15.0 Å². The van der Waals surface area contributed by atoms with E-state index >= 15 is 0 Å². The van der Waals surface area contributed by atoms with Crippen LogP contribution in [0.25, 0.3) is 149 Å². The number of hydrogen-bond donors (Lipinski definition) is 0. The lowest BCUT2D eigenvalue weighted by Crippen LogP contribution is -2.00. The Kier molecular flexibility index (Phi) is 7.97. The monoisotopic (exact) mass is 880 g/mol. The zero-order valence-corrected chi connectivity index (χ0v) is 36.9. The molecular formula is C63H36N4O2. The Morgan fingerprint density at radius 2 is 0.783 bits per heavy atom. The van der Waals surface area contributed by atoms with Crippen molar-refractivity contribution < 1.29 is 8.83 Å². The number of benzene rings is 11. The molecule has 69 heavy (non-hydrogen) atoms. The quantitative estimate of drug-likeness (QED) is 0.161. The fourth-order valence-electron chi connectivity index (χ4n) is 11.0. The van der Waals surface area contributed by atoms with Gasteiger partial charge in [0.2, 0.25) is 0 Å². The van der Waals surface area contributed by atoms with Gasteiger partial charge in [-0.2, -0.15) is 0 Å². The highest BCUT2D eigenvalue weighted by Gasteiger charge is 2.21. The predicted octanol–water partition coefficient (Wildman–Crippen LogP) is 16.9. The smallest absolute Gasteiger partial charge is 0.164 e. The summed E-state index contributed by atoms with van der Waals surface area (Å²) in [7, 11) is 0. The first-order chi connectivity index (χ1) is 34.2. The third-order valence-electron chi connectivity index (χ3n) is 14.0. The average molecular weight is 881 g/mol. The normalized spacial score (nSPS) is 12.1. The highest BCUT2D eigenvalue weighted by Crippen LogP contribution is 2.43. The van der Waals surface area contributed by atoms with E-state index in [-0.39, 0.29) is 0 Å². The highest BCUT2D eigenvalue weighted by atomic mass is 16.3. The number of fused-ring (bicyclic) bond motifs is 15. The third kappa shape index (κ3) is 5.69. The Balaban J connectivity index is 0.899. The van der Waals surface area contributed by atoms with Gasteiger partial charge in [-0.3, -0.25) is 0 Å². The first-order valence-electron chi connectivity index (χ1n) is 23.3. The summed E-state index contributed by atoms with van der Waals surface area (Å²) in [6.07, 6.45) is 0. The molecule has 11 aromatic carbocycles. The fourth-order valence-corrected chi connectivity index (χ4v) is 11.0. The molecule has 0 saturated heterocycles. The second kappa shape index (κ2) is 14.6. The second-order valence-corrected chi connectivity index (χ2v) is 17.8. The molecule has 0 amide bonds. The van der Waals surface area contributed by atoms with Gasteiger partial charge in [0.15, 0.2) is 17.5 Å². The van der Waals surface area contributed by atoms with Gasteiger partial charge in [0.25, 0.3) is 0 Å². The van der Waals surface area contributed by atoms with Gasteiger partial charge in [0.1, 0.15) is 22.3 Å². The average Bonchev–Trinajstić information content (AvgIpc) is 4.10. The molecule has 0 unspecified atom stereocenters. The largest absolute Gasteiger partial charge is 0.456 e. The molecule has 0 aliphatic rings. The molecule has 0 radical (unpaired) electrons. The Morgan fingerprint density at radius 3 is 1.48 bits per heavy atom. The zero-order valence-electron chi connectivity index (χ0n) is 36.9. The molecule has 0 N–H and O–H groups in total. The van der Waals surface area contributed by atoms with Crippen molar-refractivity contribution in [3.63, 3.8) is 0 Å². The van der Waals surface area contributed by atoms with Gasteiger partial charge in [-0.1, -0.05) is 158 Å². The van der Waals surface area contributed by atoms with Crippen LogP contribution in [-0.4, -0.2) is 19.5 Å². The molecule has 15 aromatic rings. The maximum atomic E-state index is 6.70. The molecule has 15 rings (SSSR count). The molecule has 320 valence electrons. The van der Waals surface area contributed by atoms with Crippen LogP contribution >= 0.6 is 0 Å². The van der Waals surface area contributed by atoms with Crippen molar-refractivity contribution in [2.24, 2.45) is 0 Å². The summed E-state index contributed by atoms with van der Waals surface area (Å²) in [5.74, 6) is 1.77. The Hall–Kier alpha value is -9.39. The van der Waals surface area contributed by atoms with Crippen LogP contribution in [0.5, 0.6) is 0 Å². The van der Waals surface area contributed by atoms with Crippen LogP contribution in [0.15, 0.2) is 227 Å². The number of nitrogens with zero attached hydrogens (tertiary/aromatic N) is 4. The minimum atomic E-state index is 0.572. The van der Waals surface area contributed by atoms with Crippen LogP contribution in [-0.2, 0) is 0 Å². The lowest BCUT2D eigenvalue weighted by molar-refractivity contribution is 0.668. The number of hydrogen-bond acceptors (Lipinski definition) is 5. The van der Waals surface area contributed by atoms with E-state index in [1.165, 1.54) is 37.7 Å². The molecule has 0 aliphatic heterocycles. The minimum absolute atomic E-state index is 0.572. The summed E-state index contributed by atoms with van der Waals surface area (Å²) in [6.45, 7) is 0. The van der Waals surface area contributed by atoms with E-state index in [4.69, 9.17) is 23.8 Å². The van der Waals surface area contributed by atoms with Crippen molar-refractivity contribution >= 4 is 98.0 Å². The zero-order chi connectivity index (χ0) is 45.2. The SMILES string of the molecule is c1ccc(-c2nc(-c3ccc4c5ccccc5c5ccccc5c4c3)nc(-c3cccc4oc5ccc(-c6cccc7oc8cc(-n9c%10ccccc%10c%10ccccc%109)ccc8c67)cc5c34)n2)cc1. The molecule has 0 spiro atoms. The summed E-state index contributed by atoms with van der Waals surface area (Å²) in [5.41, 5.74) is 11.4. The topological polar surface area (TPSA) is 69.9 Å². The Labute approximate surface area is 394 Å². The molecule has 6 heteroatoms. The summed E-state index contributed by atoms with van der Waals surface area (Å²) in [5, 5.41) is 13.7. The predicted molar refractivity (Wildman–Crippen MR) is 283 cm³/mol. The Bertz CT molecular complexity index is 4530. The highest BCUT2D eigenvalue weighted by molar-refractivity contribution is 6.26. The van der Waals surface area contributed by atoms with Crippen molar-refractivity contribution in [3.05, 3.63) is 218 Å². The number of aromatic nitrogens is 4. The molecule has 0 aliphatic carbocycles. The Morgan fingerprint density at radius 1 is 0.275 bits per heavy atom. The van der Waals surface area contributed by atoms with Crippen LogP contribution < -0.4 is 0 Å². The lowest BCUT2D eigenvalue weighted by atomic mass is 9.93. The van der Waals surface area contributed by atoms with Crippen LogP contribution in [0.1, 0.15) is 0 Å². The number of para-hydroxylation sites is 2. The molecule has 6 nitrogen and oxygen atoms in total. The lowest BCUT2D eigenvalue weighted by Gasteiger charge is -2.13. The van der Waals surface area contributed by atoms with Crippen molar-refractivity contribution in [1.82, 2.24) is 19.5 Å². The summed E-state index contributed by atoms with van der Waals surface area (Å²) in [4.78, 5) is 15.7. The van der Waals surface area contributed by atoms with Gasteiger partial charge >= 0.3 is 0 Å². The maximum Gasteiger partial charge on any atom is 0.164 e. The first kappa shape index (κ1) is 37.8. The van der Waals surface area contributed by atoms with E-state index < -0.39 is 0 Å². The number of furan rings is 2. The van der Waals surface area contributed by atoms with E-state index in [1.54, 1.807) is 0 Å². The van der Waals surface area contributed by atoms with Crippen LogP contribution in [0.3, 0.4) is 0 Å². The van der Waals surface area contributed by atoms with Gasteiger partial charge < -0.3 is 13.4 Å². The first-order valence-corrected chi connectivity index (χ1v) is 23.3. The number of rotatable bonds is 5. The molecule has 0 bridgehead atoms. The van der Waals surface area contributed by atoms with Crippen molar-refractivity contribution in [2.45, 2.75) is 0 Å². The van der Waals surface area contributed by atoms with Gasteiger partial charge in [-0.15, -0.1) is 0 Å². The second-order valence-electron chi connectivity index (χ2n) is 17.8. The molecule has 0 fully saturated rings. The molecular weight excluding hydrogens is 845 g/mol. The summed E-state index contributed by atoms with van der Waals surface area (Å²) >= 11 is 0. The van der Waals surface area contributed by atoms with E-state index in [0.29, 0.717) is 17.5 Å². The van der Waals surface area contributed by atoms with Crippen LogP contribution in [0.4, 0.5) is 0 Å². The van der Waals surface area contributed by atoms with E-state index in [1.807, 2.05) is 30.3 Å². The fraction of sp³-hybridized carbons (Fsp3) is 0. The van der Waals surface area contributed by atoms with Crippen LogP contribution in [0.2, 0.25) is 0 Å². The molecule has 4 heterocycles. The minimum Gasteiger partial charge on any atom is -0.456 e. The van der Waals surface area contributed by atoms with Crippen molar-refractivity contribution in [1.29, 1.82) is 0 Å². The maximum absolute atomic E-state index is 6.70. The van der Waals surface area contributed by atoms with Gasteiger partial charge in [0, 0.05) is 60.8 Å². The van der Waals surface area contributed by atoms with Crippen molar-refractivity contribution in [3.8, 4) is 51.0 Å². The van der Waals surface area contributed by atoms with Crippen molar-refractivity contribution in [2.75, 3.05) is 0 Å². The van der Waals surface area contributed by atoms with Gasteiger partial charge in [0.05, 0.1) is 11.0 Å². The van der Waals surface area contributed by atoms with E-state index in [0.717, 1.165) is 93.8 Å². The molecule has 0 atom stereocenters. The molecule has 4 aromatic heterocycles.